The summed E-state index contributed by atoms with van der Waals surface area (Å²) in [5, 5.41) is 0. The van der Waals surface area contributed by atoms with Crippen molar-refractivity contribution in [3.63, 3.8) is 0 Å². The van der Waals surface area contributed by atoms with Gasteiger partial charge in [0.15, 0.2) is 0 Å². The molecule has 2 bridgehead atoms. The van der Waals surface area contributed by atoms with Gasteiger partial charge < -0.3 is 0 Å². The largest absolute Gasteiger partial charge is 0.235 e. The van der Waals surface area contributed by atoms with Crippen molar-refractivity contribution in [3.05, 3.63) is 11.6 Å². The summed E-state index contributed by atoms with van der Waals surface area (Å²) in [5.41, 5.74) is 1.79. The summed E-state index contributed by atoms with van der Waals surface area (Å²) in [5.74, 6) is 1.50. The Morgan fingerprint density at radius 2 is 2.36 bits per heavy atom. The average Bonchev–Trinajstić information content (AvgIpc) is 2.18. The van der Waals surface area contributed by atoms with Gasteiger partial charge in [0.05, 0.1) is 6.04 Å². The number of hydrogen-bond acceptors (Lipinski definition) is 2. The van der Waals surface area contributed by atoms with Gasteiger partial charge in [0, 0.05) is 0 Å². The minimum atomic E-state index is 0.0398. The lowest BCUT2D eigenvalue weighted by atomic mass is 9.48. The summed E-state index contributed by atoms with van der Waals surface area (Å²) in [6, 6.07) is 0.0398. The van der Waals surface area contributed by atoms with Crippen LogP contribution in [0.3, 0.4) is 0 Å². The first kappa shape index (κ1) is 9.67. The van der Waals surface area contributed by atoms with Crippen molar-refractivity contribution in [1.82, 2.24) is 0 Å². The predicted molar refractivity (Wildman–Crippen MR) is 55.7 cm³/mol. The maximum absolute atomic E-state index is 10.2. The minimum absolute atomic E-state index is 0.0398. The molecule has 0 saturated heterocycles. The molecule has 3 aliphatic carbocycles. The second-order valence-corrected chi connectivity index (χ2v) is 5.14. The van der Waals surface area contributed by atoms with E-state index in [4.69, 9.17) is 0 Å². The molecule has 14 heavy (non-hydrogen) atoms. The lowest BCUT2D eigenvalue weighted by Crippen LogP contribution is -2.49. The number of hydrogen-bond donors (Lipinski definition) is 0. The van der Waals surface area contributed by atoms with E-state index in [1.54, 1.807) is 6.08 Å². The van der Waals surface area contributed by atoms with Crippen LogP contribution in [0.5, 0.6) is 0 Å². The Labute approximate surface area is 85.1 Å². The molecule has 3 rings (SSSR count). The SMILES string of the molecule is CC(N=C=O)C1=CCC2CC1C2(C)C. The molecule has 0 aromatic carbocycles. The zero-order valence-corrected chi connectivity index (χ0v) is 9.08. The first-order valence-corrected chi connectivity index (χ1v) is 5.34. The molecule has 0 aliphatic heterocycles. The van der Waals surface area contributed by atoms with E-state index in [1.807, 2.05) is 6.92 Å². The topological polar surface area (TPSA) is 29.4 Å². The molecular formula is C12H17NO. The van der Waals surface area contributed by atoms with E-state index < -0.39 is 0 Å². The summed E-state index contributed by atoms with van der Waals surface area (Å²) in [4.78, 5) is 14.0. The Morgan fingerprint density at radius 1 is 1.64 bits per heavy atom. The van der Waals surface area contributed by atoms with Gasteiger partial charge in [-0.05, 0) is 42.6 Å². The monoisotopic (exact) mass is 191 g/mol. The van der Waals surface area contributed by atoms with Crippen LogP contribution in [0.15, 0.2) is 16.6 Å². The molecule has 0 aromatic rings. The van der Waals surface area contributed by atoms with Crippen LogP contribution in [0.4, 0.5) is 0 Å². The molecule has 2 heteroatoms. The third-order valence-electron chi connectivity index (χ3n) is 4.24. The van der Waals surface area contributed by atoms with Gasteiger partial charge in [0.25, 0.3) is 0 Å². The summed E-state index contributed by atoms with van der Waals surface area (Å²) >= 11 is 0. The highest BCUT2D eigenvalue weighted by Gasteiger charge is 2.51. The third-order valence-corrected chi connectivity index (χ3v) is 4.24. The number of aliphatic imine (C=N–C) groups is 1. The van der Waals surface area contributed by atoms with Crippen molar-refractivity contribution < 1.29 is 4.79 Å². The molecule has 0 radical (unpaired) electrons. The van der Waals surface area contributed by atoms with E-state index >= 15 is 0 Å². The van der Waals surface area contributed by atoms with E-state index in [0.717, 1.165) is 12.3 Å². The van der Waals surface area contributed by atoms with Crippen LogP contribution >= 0.6 is 0 Å². The van der Waals surface area contributed by atoms with E-state index in [9.17, 15) is 4.79 Å². The van der Waals surface area contributed by atoms with E-state index in [0.29, 0.717) is 11.3 Å². The Balaban J connectivity index is 2.22. The normalized spacial score (nSPS) is 34.9. The van der Waals surface area contributed by atoms with Gasteiger partial charge >= 0.3 is 0 Å². The Hall–Kier alpha value is -0.880. The highest BCUT2D eigenvalue weighted by atomic mass is 16.1. The number of carbonyl (C=O) groups excluding carboxylic acids is 1. The third kappa shape index (κ3) is 1.18. The fraction of sp³-hybridized carbons (Fsp3) is 0.750. The standard InChI is InChI=1S/C12H17NO/c1-8(13-7-14)10-5-4-9-6-11(10)12(9,2)3/h5,8-9,11H,4,6H2,1-3H3. The zero-order chi connectivity index (χ0) is 10.3. The second kappa shape index (κ2) is 3.06. The molecule has 1 saturated carbocycles. The van der Waals surface area contributed by atoms with Crippen molar-refractivity contribution >= 4 is 6.08 Å². The van der Waals surface area contributed by atoms with Crippen molar-refractivity contribution in [3.8, 4) is 0 Å². The summed E-state index contributed by atoms with van der Waals surface area (Å²) in [6.45, 7) is 6.65. The summed E-state index contributed by atoms with van der Waals surface area (Å²) in [6.07, 6.45) is 6.40. The van der Waals surface area contributed by atoms with E-state index in [2.05, 4.69) is 24.9 Å². The molecular weight excluding hydrogens is 174 g/mol. The van der Waals surface area contributed by atoms with Crippen molar-refractivity contribution in [1.29, 1.82) is 0 Å². The van der Waals surface area contributed by atoms with Crippen molar-refractivity contribution in [2.45, 2.75) is 39.7 Å². The first-order chi connectivity index (χ1) is 6.57. The molecule has 0 N–H and O–H groups in total. The number of fused-ring (bicyclic) bond motifs is 1. The average molecular weight is 191 g/mol. The molecule has 2 nitrogen and oxygen atoms in total. The predicted octanol–water partition coefficient (Wildman–Crippen LogP) is 2.70. The van der Waals surface area contributed by atoms with Crippen molar-refractivity contribution in [2.75, 3.05) is 0 Å². The Morgan fingerprint density at radius 3 is 2.86 bits per heavy atom. The molecule has 3 aliphatic rings. The lowest BCUT2D eigenvalue weighted by molar-refractivity contribution is -0.00916. The summed E-state index contributed by atoms with van der Waals surface area (Å²) < 4.78 is 0. The molecule has 0 heterocycles. The quantitative estimate of drug-likeness (QED) is 0.375. The fourth-order valence-electron chi connectivity index (χ4n) is 3.02. The molecule has 76 valence electrons. The Bertz CT molecular complexity index is 323. The highest BCUT2D eigenvalue weighted by Crippen LogP contribution is 2.59. The molecule has 0 aromatic heterocycles. The molecule has 3 unspecified atom stereocenters. The maximum atomic E-state index is 10.2. The van der Waals surface area contributed by atoms with Crippen LogP contribution in [0.2, 0.25) is 0 Å². The van der Waals surface area contributed by atoms with Crippen molar-refractivity contribution in [2.24, 2.45) is 22.2 Å². The Kier molecular flexibility index (Phi) is 2.11. The van der Waals surface area contributed by atoms with Gasteiger partial charge in [-0.1, -0.05) is 19.9 Å². The zero-order valence-electron chi connectivity index (χ0n) is 9.08. The van der Waals surface area contributed by atoms with Crippen LogP contribution in [0.25, 0.3) is 0 Å². The van der Waals surface area contributed by atoms with Gasteiger partial charge in [-0.2, -0.15) is 4.99 Å². The van der Waals surface area contributed by atoms with Crippen LogP contribution in [-0.2, 0) is 4.79 Å². The fourth-order valence-corrected chi connectivity index (χ4v) is 3.02. The van der Waals surface area contributed by atoms with Crippen LogP contribution < -0.4 is 0 Å². The van der Waals surface area contributed by atoms with Gasteiger partial charge in [-0.15, -0.1) is 0 Å². The minimum Gasteiger partial charge on any atom is -0.211 e. The highest BCUT2D eigenvalue weighted by molar-refractivity contribution is 5.37. The first-order valence-electron chi connectivity index (χ1n) is 5.34. The lowest BCUT2D eigenvalue weighted by Gasteiger charge is -2.57. The van der Waals surface area contributed by atoms with Gasteiger partial charge in [0.2, 0.25) is 6.08 Å². The number of nitrogens with zero attached hydrogens (tertiary/aromatic N) is 1. The number of allylic oxidation sites excluding steroid dienone is 1. The van der Waals surface area contributed by atoms with Gasteiger partial charge in [0.1, 0.15) is 0 Å². The number of rotatable bonds is 2. The molecule has 0 spiro atoms. The second-order valence-electron chi connectivity index (χ2n) is 5.14. The van der Waals surface area contributed by atoms with Crippen LogP contribution in [-0.4, -0.2) is 12.1 Å². The summed E-state index contributed by atoms with van der Waals surface area (Å²) in [7, 11) is 0. The molecule has 3 atom stereocenters. The van der Waals surface area contributed by atoms with E-state index in [1.165, 1.54) is 12.0 Å². The molecule has 0 amide bonds. The van der Waals surface area contributed by atoms with Gasteiger partial charge in [-0.3, -0.25) is 0 Å². The van der Waals surface area contributed by atoms with E-state index in [-0.39, 0.29) is 6.04 Å². The number of isocyanates is 1. The van der Waals surface area contributed by atoms with Crippen LogP contribution in [0.1, 0.15) is 33.6 Å². The molecule has 1 fully saturated rings. The van der Waals surface area contributed by atoms with Crippen LogP contribution in [0, 0.1) is 17.3 Å². The van der Waals surface area contributed by atoms with Gasteiger partial charge in [-0.25, -0.2) is 4.79 Å². The smallest absolute Gasteiger partial charge is 0.211 e. The maximum Gasteiger partial charge on any atom is 0.235 e.